The summed E-state index contributed by atoms with van der Waals surface area (Å²) in [5.41, 5.74) is 0.0258. The smallest absolute Gasteiger partial charge is 0.229 e. The number of hydrogen-bond donors (Lipinski definition) is 10. The van der Waals surface area contributed by atoms with Crippen molar-refractivity contribution in [1.82, 2.24) is 0 Å². The topological polar surface area (TPSA) is 256 Å². The first-order valence-corrected chi connectivity index (χ1v) is 12.3. The van der Waals surface area contributed by atoms with Crippen molar-refractivity contribution in [3.8, 4) is 28.7 Å². The van der Waals surface area contributed by atoms with Crippen LogP contribution in [-0.4, -0.2) is 125 Å². The van der Waals surface area contributed by atoms with Crippen LogP contribution in [-0.2, 0) is 14.2 Å². The molecule has 2 aromatic carbocycles. The van der Waals surface area contributed by atoms with Crippen LogP contribution in [0.2, 0.25) is 0 Å². The Morgan fingerprint density at radius 2 is 1.44 bits per heavy atom. The van der Waals surface area contributed by atoms with Gasteiger partial charge in [-0.1, -0.05) is 12.1 Å². The summed E-state index contributed by atoms with van der Waals surface area (Å²) in [6, 6.07) is 6.02. The zero-order valence-corrected chi connectivity index (χ0v) is 21.2. The van der Waals surface area contributed by atoms with Gasteiger partial charge in [-0.2, -0.15) is 0 Å². The lowest BCUT2D eigenvalue weighted by molar-refractivity contribution is -0.315. The number of aromatic hydroxyl groups is 4. The van der Waals surface area contributed by atoms with Gasteiger partial charge in [0.1, 0.15) is 42.7 Å². The second-order valence-corrected chi connectivity index (χ2v) is 9.39. The number of carbonyl (C=O) groups is 1. The van der Waals surface area contributed by atoms with Crippen LogP contribution in [0.3, 0.4) is 0 Å². The van der Waals surface area contributed by atoms with Crippen molar-refractivity contribution in [2.24, 2.45) is 0 Å². The number of phenols is 4. The highest BCUT2D eigenvalue weighted by Crippen LogP contribution is 2.40. The third-order valence-corrected chi connectivity index (χ3v) is 6.66. The molecule has 2 aromatic rings. The molecular weight excluding hydrogens is 552 g/mol. The van der Waals surface area contributed by atoms with Crippen molar-refractivity contribution in [2.75, 3.05) is 13.2 Å². The van der Waals surface area contributed by atoms with E-state index in [1.165, 1.54) is 24.3 Å². The number of phenolic OH excluding ortho intramolecular Hbond substituents is 4. The average molecular weight is 583 g/mol. The van der Waals surface area contributed by atoms with Crippen molar-refractivity contribution in [2.45, 2.75) is 55.3 Å². The molecule has 9 atom stereocenters. The SMILES string of the molecule is O=C(/C=C/c1ccc(O)c(O)c1)c1ccc(OC2OC(CO)C(OC3OC(CO)C(O)C3O)C(O)C2O)c(O)c1O. The minimum Gasteiger partial charge on any atom is -0.504 e. The fraction of sp³-hybridized carbons (Fsp3) is 0.423. The molecule has 0 aromatic heterocycles. The number of ether oxygens (including phenoxy) is 4. The number of aliphatic hydroxyl groups is 6. The van der Waals surface area contributed by atoms with Gasteiger partial charge in [0.2, 0.25) is 12.0 Å². The van der Waals surface area contributed by atoms with Gasteiger partial charge in [-0.15, -0.1) is 0 Å². The molecule has 2 heterocycles. The molecule has 0 aliphatic carbocycles. The van der Waals surface area contributed by atoms with Gasteiger partial charge in [-0.3, -0.25) is 4.79 Å². The zero-order chi connectivity index (χ0) is 30.0. The summed E-state index contributed by atoms with van der Waals surface area (Å²) in [7, 11) is 0. The van der Waals surface area contributed by atoms with E-state index in [1.807, 2.05) is 0 Å². The first-order chi connectivity index (χ1) is 19.5. The van der Waals surface area contributed by atoms with E-state index in [-0.39, 0.29) is 11.3 Å². The molecule has 2 fully saturated rings. The number of hydrogen-bond acceptors (Lipinski definition) is 15. The molecule has 2 saturated heterocycles. The van der Waals surface area contributed by atoms with Crippen LogP contribution in [0.15, 0.2) is 36.4 Å². The van der Waals surface area contributed by atoms with Crippen molar-refractivity contribution in [3.63, 3.8) is 0 Å². The molecule has 2 aliphatic rings. The van der Waals surface area contributed by atoms with Crippen molar-refractivity contribution in [1.29, 1.82) is 0 Å². The van der Waals surface area contributed by atoms with E-state index in [0.717, 1.165) is 18.2 Å². The average Bonchev–Trinajstić information content (AvgIpc) is 3.23. The second-order valence-electron chi connectivity index (χ2n) is 9.39. The van der Waals surface area contributed by atoms with Crippen LogP contribution in [0.4, 0.5) is 0 Å². The van der Waals surface area contributed by atoms with Crippen LogP contribution in [0.1, 0.15) is 15.9 Å². The monoisotopic (exact) mass is 582 g/mol. The molecule has 0 amide bonds. The number of ketones is 1. The maximum atomic E-state index is 12.6. The first kappa shape index (κ1) is 30.4. The predicted molar refractivity (Wildman–Crippen MR) is 134 cm³/mol. The van der Waals surface area contributed by atoms with Gasteiger partial charge in [0.25, 0.3) is 0 Å². The van der Waals surface area contributed by atoms with E-state index in [2.05, 4.69) is 0 Å². The lowest BCUT2D eigenvalue weighted by Gasteiger charge is -2.42. The number of allylic oxidation sites excluding steroid dienone is 1. The van der Waals surface area contributed by atoms with E-state index < -0.39 is 97.3 Å². The largest absolute Gasteiger partial charge is 0.504 e. The fourth-order valence-corrected chi connectivity index (χ4v) is 4.34. The molecule has 15 nitrogen and oxygen atoms in total. The maximum Gasteiger partial charge on any atom is 0.229 e. The quantitative estimate of drug-likeness (QED) is 0.0875. The molecule has 0 saturated carbocycles. The van der Waals surface area contributed by atoms with E-state index in [4.69, 9.17) is 18.9 Å². The molecule has 4 rings (SSSR count). The summed E-state index contributed by atoms with van der Waals surface area (Å²) in [5, 5.41) is 100. The number of carbonyl (C=O) groups excluding carboxylic acids is 1. The Balaban J connectivity index is 1.45. The Morgan fingerprint density at radius 1 is 0.780 bits per heavy atom. The standard InChI is InChI=1S/C26H30O15/c27-8-16-20(34)22(36)26(39-16)41-24-17(9-28)40-25(23(37)21(24)35)38-15-6-3-11(18(32)19(15)33)12(29)4-1-10-2-5-13(30)14(31)7-10/h1-7,16-17,20-28,30-37H,8-9H2/b4-1+. The van der Waals surface area contributed by atoms with Crippen LogP contribution in [0, 0.1) is 0 Å². The lowest BCUT2D eigenvalue weighted by atomic mass is 9.98. The molecule has 0 radical (unpaired) electrons. The van der Waals surface area contributed by atoms with Gasteiger partial charge in [0.05, 0.1) is 18.8 Å². The van der Waals surface area contributed by atoms with Crippen LogP contribution >= 0.6 is 0 Å². The minimum absolute atomic E-state index is 0.334. The highest BCUT2D eigenvalue weighted by molar-refractivity contribution is 6.09. The van der Waals surface area contributed by atoms with E-state index in [1.54, 1.807) is 0 Å². The highest BCUT2D eigenvalue weighted by Gasteiger charge is 2.51. The highest BCUT2D eigenvalue weighted by atomic mass is 16.7. The van der Waals surface area contributed by atoms with Gasteiger partial charge in [-0.25, -0.2) is 0 Å². The molecule has 15 heteroatoms. The van der Waals surface area contributed by atoms with Crippen LogP contribution in [0.25, 0.3) is 6.08 Å². The third-order valence-electron chi connectivity index (χ3n) is 6.66. The van der Waals surface area contributed by atoms with Crippen molar-refractivity contribution < 1.29 is 74.8 Å². The minimum atomic E-state index is -1.87. The third kappa shape index (κ3) is 6.23. The van der Waals surface area contributed by atoms with E-state index >= 15 is 0 Å². The molecule has 0 spiro atoms. The van der Waals surface area contributed by atoms with Gasteiger partial charge in [0.15, 0.2) is 35.1 Å². The van der Waals surface area contributed by atoms with Gasteiger partial charge < -0.3 is 70.0 Å². The van der Waals surface area contributed by atoms with Crippen molar-refractivity contribution >= 4 is 11.9 Å². The Morgan fingerprint density at radius 3 is 2.07 bits per heavy atom. The molecule has 224 valence electrons. The second kappa shape index (κ2) is 12.6. The molecule has 10 N–H and O–H groups in total. The lowest BCUT2D eigenvalue weighted by Crippen LogP contribution is -2.62. The molecular formula is C26H30O15. The molecule has 41 heavy (non-hydrogen) atoms. The van der Waals surface area contributed by atoms with E-state index in [0.29, 0.717) is 5.56 Å². The Kier molecular flexibility index (Phi) is 9.33. The predicted octanol–water partition coefficient (Wildman–Crippen LogP) is -1.95. The summed E-state index contributed by atoms with van der Waals surface area (Å²) < 4.78 is 21.5. The maximum absolute atomic E-state index is 12.6. The Hall–Kier alpha value is -3.51. The Labute approximate surface area is 231 Å². The van der Waals surface area contributed by atoms with Gasteiger partial charge >= 0.3 is 0 Å². The van der Waals surface area contributed by atoms with Crippen molar-refractivity contribution in [3.05, 3.63) is 47.5 Å². The Bertz CT molecular complexity index is 1260. The molecule has 9 unspecified atom stereocenters. The normalized spacial score (nSPS) is 31.9. The summed E-state index contributed by atoms with van der Waals surface area (Å²) in [6.45, 7) is -1.41. The summed E-state index contributed by atoms with van der Waals surface area (Å²) >= 11 is 0. The summed E-state index contributed by atoms with van der Waals surface area (Å²) in [4.78, 5) is 12.6. The number of rotatable bonds is 9. The molecule has 2 aliphatic heterocycles. The van der Waals surface area contributed by atoms with Crippen LogP contribution < -0.4 is 4.74 Å². The van der Waals surface area contributed by atoms with Gasteiger partial charge in [-0.05, 0) is 35.9 Å². The number of aliphatic hydroxyl groups excluding tert-OH is 6. The van der Waals surface area contributed by atoms with Crippen LogP contribution in [0.5, 0.6) is 28.7 Å². The summed E-state index contributed by atoms with van der Waals surface area (Å²) in [6.07, 6.45) is -11.8. The van der Waals surface area contributed by atoms with Gasteiger partial charge in [0, 0.05) is 0 Å². The summed E-state index contributed by atoms with van der Waals surface area (Å²) in [5.74, 6) is -3.73. The first-order valence-electron chi connectivity index (χ1n) is 12.3. The van der Waals surface area contributed by atoms with E-state index in [9.17, 15) is 55.9 Å². The fourth-order valence-electron chi connectivity index (χ4n) is 4.34. The number of benzene rings is 2. The zero-order valence-electron chi connectivity index (χ0n) is 21.2. The molecule has 0 bridgehead atoms.